The molecule has 0 saturated carbocycles. The summed E-state index contributed by atoms with van der Waals surface area (Å²) in [6.07, 6.45) is 0. The molecule has 0 amide bonds. The molecule has 16 aromatic rings. The number of hydrogen-bond donors (Lipinski definition) is 0. The monoisotopic (exact) mass is 1240 g/mol. The molecule has 0 aliphatic heterocycles. The van der Waals surface area contributed by atoms with E-state index >= 15 is 0 Å². The van der Waals surface area contributed by atoms with Crippen molar-refractivity contribution in [3.05, 3.63) is 337 Å². The van der Waals surface area contributed by atoms with Crippen LogP contribution in [0.15, 0.2) is 312 Å². The van der Waals surface area contributed by atoms with Gasteiger partial charge >= 0.3 is 0 Å². The molecular formula is C90H68N4O2. The fourth-order valence-corrected chi connectivity index (χ4v) is 15.8. The molecule has 0 spiro atoms. The summed E-state index contributed by atoms with van der Waals surface area (Å²) in [5.41, 5.74) is 27.3. The van der Waals surface area contributed by atoms with Crippen molar-refractivity contribution in [1.82, 2.24) is 0 Å². The molecule has 0 atom stereocenters. The fourth-order valence-electron chi connectivity index (χ4n) is 15.8. The van der Waals surface area contributed by atoms with Gasteiger partial charge in [-0.2, -0.15) is 0 Å². The molecule has 18 rings (SSSR count). The van der Waals surface area contributed by atoms with E-state index in [1.807, 2.05) is 0 Å². The van der Waals surface area contributed by atoms with Crippen molar-refractivity contribution in [2.75, 3.05) is 19.6 Å². The number of fused-ring (bicyclic) bond motifs is 15. The standard InChI is InChI=1S/C90H68N4O2/c1-57-35-39-63(40-36-57)91(59-23-11-7-12-24-59)67-45-49-73-83(53-67)95-87-81(93(61-27-15-9-16-28-61)65-43-47-71-69-31-19-21-33-77(69)89(3,4)79(71)51-65)56-76-75(85(73)87)55-82(94(62-29-17-10-18-30-62)66-44-48-72-70-32-20-22-34-78(70)90(5,6)80(72)52-66)88-86(76)74-50-46-68(54-84(74)96-88)92(60-25-13-8-14-26-60)64-41-37-58(2)38-42-64/h7-56H,1-6H3. The second-order valence-corrected chi connectivity index (χ2v) is 27.0. The van der Waals surface area contributed by atoms with E-state index in [0.29, 0.717) is 0 Å². The molecule has 6 nitrogen and oxygen atoms in total. The van der Waals surface area contributed by atoms with Gasteiger partial charge in [0.25, 0.3) is 0 Å². The Kier molecular flexibility index (Phi) is 13.0. The van der Waals surface area contributed by atoms with Crippen LogP contribution < -0.4 is 19.6 Å². The maximum Gasteiger partial charge on any atom is 0.160 e. The lowest BCUT2D eigenvalue weighted by atomic mass is 9.82. The Morgan fingerprint density at radius 1 is 0.240 bits per heavy atom. The first-order chi connectivity index (χ1) is 46.9. The Labute approximate surface area is 559 Å². The molecule has 2 aliphatic rings. The summed E-state index contributed by atoms with van der Waals surface area (Å²) in [5, 5.41) is 6.07. The van der Waals surface area contributed by atoms with Crippen molar-refractivity contribution < 1.29 is 8.83 Å². The van der Waals surface area contributed by atoms with Gasteiger partial charge in [0.15, 0.2) is 11.2 Å². The van der Waals surface area contributed by atoms with Crippen molar-refractivity contribution in [3.63, 3.8) is 0 Å². The third-order valence-electron chi connectivity index (χ3n) is 20.5. The first kappa shape index (κ1) is 56.9. The average Bonchev–Trinajstić information content (AvgIpc) is 1.51. The van der Waals surface area contributed by atoms with E-state index in [-0.39, 0.29) is 10.8 Å². The van der Waals surface area contributed by atoms with Crippen LogP contribution in [0.4, 0.5) is 68.2 Å². The van der Waals surface area contributed by atoms with Crippen LogP contribution in [0, 0.1) is 13.8 Å². The molecule has 6 heteroatoms. The predicted molar refractivity (Wildman–Crippen MR) is 402 cm³/mol. The minimum absolute atomic E-state index is 0.253. The summed E-state index contributed by atoms with van der Waals surface area (Å²) < 4.78 is 15.5. The molecule has 2 aromatic heterocycles. The molecule has 2 heterocycles. The number of aryl methyl sites for hydroxylation is 2. The lowest BCUT2D eigenvalue weighted by molar-refractivity contribution is 0.660. The highest BCUT2D eigenvalue weighted by molar-refractivity contribution is 6.32. The van der Waals surface area contributed by atoms with Gasteiger partial charge in [0.05, 0.1) is 11.4 Å². The molecule has 0 unspecified atom stereocenters. The minimum Gasteiger partial charge on any atom is -0.454 e. The topological polar surface area (TPSA) is 39.2 Å². The molecule has 0 N–H and O–H groups in total. The van der Waals surface area contributed by atoms with Gasteiger partial charge in [0, 0.05) is 101 Å². The predicted octanol–water partition coefficient (Wildman–Crippen LogP) is 25.7. The zero-order chi connectivity index (χ0) is 64.6. The van der Waals surface area contributed by atoms with Crippen LogP contribution in [-0.2, 0) is 10.8 Å². The Hall–Kier alpha value is -11.9. The third kappa shape index (κ3) is 8.93. The molecule has 96 heavy (non-hydrogen) atoms. The lowest BCUT2D eigenvalue weighted by Gasteiger charge is -2.29. The van der Waals surface area contributed by atoms with Crippen molar-refractivity contribution in [1.29, 1.82) is 0 Å². The Morgan fingerprint density at radius 3 is 0.906 bits per heavy atom. The van der Waals surface area contributed by atoms with Gasteiger partial charge in [-0.25, -0.2) is 0 Å². The summed E-state index contributed by atoms with van der Waals surface area (Å²) >= 11 is 0. The molecule has 2 aliphatic carbocycles. The van der Waals surface area contributed by atoms with Crippen molar-refractivity contribution in [2.45, 2.75) is 52.4 Å². The van der Waals surface area contributed by atoms with E-state index in [2.05, 4.69) is 364 Å². The Morgan fingerprint density at radius 2 is 0.531 bits per heavy atom. The van der Waals surface area contributed by atoms with Gasteiger partial charge in [-0.05, 0) is 203 Å². The smallest absolute Gasteiger partial charge is 0.160 e. The van der Waals surface area contributed by atoms with Gasteiger partial charge < -0.3 is 28.4 Å². The number of nitrogens with zero attached hydrogens (tertiary/aromatic N) is 4. The summed E-state index contributed by atoms with van der Waals surface area (Å²) in [5.74, 6) is 0. The number of hydrogen-bond acceptors (Lipinski definition) is 6. The van der Waals surface area contributed by atoms with Crippen LogP contribution in [0.25, 0.3) is 76.9 Å². The summed E-state index contributed by atoms with van der Waals surface area (Å²) in [6.45, 7) is 13.7. The maximum atomic E-state index is 7.76. The van der Waals surface area contributed by atoms with Gasteiger partial charge in [-0.3, -0.25) is 0 Å². The van der Waals surface area contributed by atoms with Crippen LogP contribution in [-0.4, -0.2) is 0 Å². The molecule has 14 aromatic carbocycles. The Balaban J connectivity index is 0.968. The maximum absolute atomic E-state index is 7.76. The van der Waals surface area contributed by atoms with E-state index in [4.69, 9.17) is 8.83 Å². The van der Waals surface area contributed by atoms with Crippen LogP contribution >= 0.6 is 0 Å². The van der Waals surface area contributed by atoms with Crippen molar-refractivity contribution >= 4 is 123 Å². The summed E-state index contributed by atoms with van der Waals surface area (Å²) in [4.78, 5) is 9.50. The van der Waals surface area contributed by atoms with Crippen LogP contribution in [0.1, 0.15) is 61.1 Å². The third-order valence-corrected chi connectivity index (χ3v) is 20.5. The highest BCUT2D eigenvalue weighted by Gasteiger charge is 2.38. The molecule has 0 bridgehead atoms. The van der Waals surface area contributed by atoms with Crippen molar-refractivity contribution in [3.8, 4) is 22.3 Å². The highest BCUT2D eigenvalue weighted by atomic mass is 16.3. The zero-order valence-corrected chi connectivity index (χ0v) is 54.5. The molecule has 0 fully saturated rings. The minimum atomic E-state index is -0.253. The average molecular weight is 1240 g/mol. The molecule has 460 valence electrons. The van der Waals surface area contributed by atoms with Gasteiger partial charge in [-0.1, -0.05) is 197 Å². The number of rotatable bonds is 12. The number of para-hydroxylation sites is 4. The second-order valence-electron chi connectivity index (χ2n) is 27.0. The zero-order valence-electron chi connectivity index (χ0n) is 54.5. The number of furan rings is 2. The quantitative estimate of drug-likeness (QED) is 0.121. The SMILES string of the molecule is Cc1ccc(N(c2ccccc2)c2ccc3c(c2)oc2c(N(c4ccccc4)c4ccc5c(c4)C(C)(C)c4ccccc4-5)cc4c(cc(N(c5ccccc5)c5ccc6c(c5)C(C)(C)c5ccccc5-6)c5oc6cc(N(c7ccccc7)c7ccc(C)cc7)ccc6c54)c23)cc1. The molecule has 0 saturated heterocycles. The summed E-state index contributed by atoms with van der Waals surface area (Å²) in [6, 6.07) is 111. The second kappa shape index (κ2) is 21.9. The molecule has 0 radical (unpaired) electrons. The van der Waals surface area contributed by atoms with Crippen LogP contribution in [0.5, 0.6) is 0 Å². The first-order valence-electron chi connectivity index (χ1n) is 33.3. The number of anilines is 12. The van der Waals surface area contributed by atoms with Crippen molar-refractivity contribution in [2.24, 2.45) is 0 Å². The fraction of sp³-hybridized carbons (Fsp3) is 0.0889. The van der Waals surface area contributed by atoms with Crippen LogP contribution in [0.3, 0.4) is 0 Å². The van der Waals surface area contributed by atoms with Crippen LogP contribution in [0.2, 0.25) is 0 Å². The number of benzene rings is 14. The molecular weight excluding hydrogens is 1170 g/mol. The van der Waals surface area contributed by atoms with E-state index < -0.39 is 0 Å². The van der Waals surface area contributed by atoms with E-state index in [1.165, 1.54) is 55.6 Å². The normalized spacial score (nSPS) is 13.3. The highest BCUT2D eigenvalue weighted by Crippen LogP contribution is 2.57. The summed E-state index contributed by atoms with van der Waals surface area (Å²) in [7, 11) is 0. The van der Waals surface area contributed by atoms with Gasteiger partial charge in [0.1, 0.15) is 11.2 Å². The van der Waals surface area contributed by atoms with Gasteiger partial charge in [0.2, 0.25) is 0 Å². The lowest BCUT2D eigenvalue weighted by Crippen LogP contribution is -2.17. The van der Waals surface area contributed by atoms with E-state index in [1.54, 1.807) is 0 Å². The first-order valence-corrected chi connectivity index (χ1v) is 33.3. The van der Waals surface area contributed by atoms with E-state index in [0.717, 1.165) is 123 Å². The van der Waals surface area contributed by atoms with E-state index in [9.17, 15) is 0 Å². The Bertz CT molecular complexity index is 5380. The largest absolute Gasteiger partial charge is 0.454 e. The van der Waals surface area contributed by atoms with Gasteiger partial charge in [-0.15, -0.1) is 0 Å².